The summed E-state index contributed by atoms with van der Waals surface area (Å²) in [4.78, 5) is 0. The van der Waals surface area contributed by atoms with Gasteiger partial charge in [0.15, 0.2) is 0 Å². The molecule has 0 fully saturated rings. The second-order valence-corrected chi connectivity index (χ2v) is 3.78. The summed E-state index contributed by atoms with van der Waals surface area (Å²) < 4.78 is 28.3. The average Bonchev–Trinajstić information content (AvgIpc) is 2.17. The highest BCUT2D eigenvalue weighted by atomic mass is 19.3. The minimum Gasteiger partial charge on any atom is -0.435 e. The predicted molar refractivity (Wildman–Crippen MR) is 55.2 cm³/mol. The molecule has 0 spiro atoms. The molecule has 0 heterocycles. The van der Waals surface area contributed by atoms with E-state index >= 15 is 0 Å². The van der Waals surface area contributed by atoms with Crippen molar-refractivity contribution in [3.63, 3.8) is 0 Å². The lowest BCUT2D eigenvalue weighted by Gasteiger charge is -2.25. The molecule has 15 heavy (non-hydrogen) atoms. The van der Waals surface area contributed by atoms with Crippen molar-refractivity contribution in [1.82, 2.24) is 5.32 Å². The van der Waals surface area contributed by atoms with Crippen LogP contribution in [-0.2, 0) is 5.54 Å². The summed E-state index contributed by atoms with van der Waals surface area (Å²) in [6.07, 6.45) is 0. The third-order valence-corrected chi connectivity index (χ3v) is 2.41. The number of benzene rings is 1. The Hall–Kier alpha value is -1.16. The first-order chi connectivity index (χ1) is 6.95. The summed E-state index contributed by atoms with van der Waals surface area (Å²) in [6.45, 7) is 1.15. The van der Waals surface area contributed by atoms with E-state index in [4.69, 9.17) is 0 Å². The average molecular weight is 215 g/mol. The topological polar surface area (TPSA) is 21.3 Å². The van der Waals surface area contributed by atoms with Crippen molar-refractivity contribution >= 4 is 0 Å². The Balaban J connectivity index is 2.92. The van der Waals surface area contributed by atoms with E-state index in [2.05, 4.69) is 10.1 Å². The highest BCUT2D eigenvalue weighted by molar-refractivity contribution is 5.32. The normalized spacial score (nSPS) is 11.9. The SMILES string of the molecule is CNC(C)(C)c1cccc(OC(F)F)c1. The summed E-state index contributed by atoms with van der Waals surface area (Å²) in [5.74, 6) is 0.186. The van der Waals surface area contributed by atoms with Crippen molar-refractivity contribution in [2.24, 2.45) is 0 Å². The first-order valence-corrected chi connectivity index (χ1v) is 4.70. The lowest BCUT2D eigenvalue weighted by Crippen LogP contribution is -2.33. The van der Waals surface area contributed by atoms with Gasteiger partial charge in [-0.2, -0.15) is 8.78 Å². The number of alkyl halides is 2. The van der Waals surface area contributed by atoms with Crippen molar-refractivity contribution in [2.75, 3.05) is 7.05 Å². The molecule has 0 saturated carbocycles. The monoisotopic (exact) mass is 215 g/mol. The third kappa shape index (κ3) is 3.16. The Morgan fingerprint density at radius 1 is 1.33 bits per heavy atom. The van der Waals surface area contributed by atoms with Crippen LogP contribution in [0.1, 0.15) is 19.4 Å². The van der Waals surface area contributed by atoms with Gasteiger partial charge in [-0.25, -0.2) is 0 Å². The fourth-order valence-electron chi connectivity index (χ4n) is 1.21. The number of hydrogen-bond donors (Lipinski definition) is 1. The molecule has 0 bridgehead atoms. The number of nitrogens with one attached hydrogen (secondary N) is 1. The zero-order valence-corrected chi connectivity index (χ0v) is 9.05. The highest BCUT2D eigenvalue weighted by Gasteiger charge is 2.18. The van der Waals surface area contributed by atoms with Gasteiger partial charge in [-0.15, -0.1) is 0 Å². The van der Waals surface area contributed by atoms with Crippen molar-refractivity contribution in [2.45, 2.75) is 26.0 Å². The van der Waals surface area contributed by atoms with Crippen LogP contribution in [0.2, 0.25) is 0 Å². The summed E-state index contributed by atoms with van der Waals surface area (Å²) >= 11 is 0. The van der Waals surface area contributed by atoms with Crippen LogP contribution < -0.4 is 10.1 Å². The van der Waals surface area contributed by atoms with Gasteiger partial charge in [0.25, 0.3) is 0 Å². The maximum atomic E-state index is 12.0. The Morgan fingerprint density at radius 3 is 2.53 bits per heavy atom. The molecule has 0 saturated heterocycles. The number of halogens is 2. The largest absolute Gasteiger partial charge is 0.435 e. The van der Waals surface area contributed by atoms with Crippen LogP contribution in [0, 0.1) is 0 Å². The first kappa shape index (κ1) is 11.9. The standard InChI is InChI=1S/C11H15F2NO/c1-11(2,14-3)8-5-4-6-9(7-8)15-10(12)13/h4-7,10,14H,1-3H3. The van der Waals surface area contributed by atoms with Crippen molar-refractivity contribution in [1.29, 1.82) is 0 Å². The summed E-state index contributed by atoms with van der Waals surface area (Å²) in [5.41, 5.74) is 0.643. The molecule has 1 rings (SSSR count). The lowest BCUT2D eigenvalue weighted by atomic mass is 9.94. The fraction of sp³-hybridized carbons (Fsp3) is 0.455. The number of ether oxygens (including phenoxy) is 1. The molecule has 2 nitrogen and oxygen atoms in total. The second-order valence-electron chi connectivity index (χ2n) is 3.78. The highest BCUT2D eigenvalue weighted by Crippen LogP contribution is 2.24. The fourth-order valence-corrected chi connectivity index (χ4v) is 1.21. The maximum Gasteiger partial charge on any atom is 0.387 e. The van der Waals surface area contributed by atoms with Crippen molar-refractivity contribution in [3.05, 3.63) is 29.8 Å². The van der Waals surface area contributed by atoms with Gasteiger partial charge in [-0.3, -0.25) is 0 Å². The smallest absolute Gasteiger partial charge is 0.387 e. The molecule has 0 aliphatic heterocycles. The van der Waals surface area contributed by atoms with Crippen LogP contribution in [0.3, 0.4) is 0 Å². The molecule has 0 aromatic heterocycles. The summed E-state index contributed by atoms with van der Waals surface area (Å²) in [7, 11) is 1.82. The first-order valence-electron chi connectivity index (χ1n) is 4.70. The van der Waals surface area contributed by atoms with Crippen LogP contribution >= 0.6 is 0 Å². The minimum absolute atomic E-state index is 0.186. The molecule has 0 aliphatic carbocycles. The molecular weight excluding hydrogens is 200 g/mol. The lowest BCUT2D eigenvalue weighted by molar-refractivity contribution is -0.0499. The summed E-state index contributed by atoms with van der Waals surface area (Å²) in [6, 6.07) is 6.70. The van der Waals surface area contributed by atoms with Crippen molar-refractivity contribution in [3.8, 4) is 5.75 Å². The van der Waals surface area contributed by atoms with E-state index in [-0.39, 0.29) is 11.3 Å². The zero-order chi connectivity index (χ0) is 11.5. The maximum absolute atomic E-state index is 12.0. The summed E-state index contributed by atoms with van der Waals surface area (Å²) in [5, 5.41) is 3.10. The van der Waals surface area contributed by atoms with E-state index < -0.39 is 6.61 Å². The van der Waals surface area contributed by atoms with Gasteiger partial charge in [-0.1, -0.05) is 12.1 Å². The van der Waals surface area contributed by atoms with Crippen LogP contribution in [0.4, 0.5) is 8.78 Å². The van der Waals surface area contributed by atoms with Crippen LogP contribution in [0.5, 0.6) is 5.75 Å². The molecule has 0 unspecified atom stereocenters. The molecule has 0 radical (unpaired) electrons. The molecule has 0 aliphatic rings. The molecule has 0 atom stereocenters. The van der Waals surface area contributed by atoms with Crippen molar-refractivity contribution < 1.29 is 13.5 Å². The van der Waals surface area contributed by atoms with Crippen LogP contribution in [-0.4, -0.2) is 13.7 Å². The minimum atomic E-state index is -2.78. The molecule has 1 aromatic carbocycles. The quantitative estimate of drug-likeness (QED) is 0.833. The predicted octanol–water partition coefficient (Wildman–Crippen LogP) is 2.74. The molecular formula is C11H15F2NO. The van der Waals surface area contributed by atoms with E-state index in [1.54, 1.807) is 12.1 Å². The molecule has 1 aromatic rings. The Bertz CT molecular complexity index is 326. The van der Waals surface area contributed by atoms with Gasteiger partial charge in [0.2, 0.25) is 0 Å². The molecule has 4 heteroatoms. The van der Waals surface area contributed by atoms with Crippen LogP contribution in [0.15, 0.2) is 24.3 Å². The van der Waals surface area contributed by atoms with Gasteiger partial charge in [-0.05, 0) is 38.6 Å². The van der Waals surface area contributed by atoms with Gasteiger partial charge in [0.1, 0.15) is 5.75 Å². The molecule has 1 N–H and O–H groups in total. The van der Waals surface area contributed by atoms with E-state index in [0.717, 1.165) is 5.56 Å². The molecule has 0 amide bonds. The second kappa shape index (κ2) is 4.57. The van der Waals surface area contributed by atoms with E-state index in [1.165, 1.54) is 6.07 Å². The van der Waals surface area contributed by atoms with Crippen LogP contribution in [0.25, 0.3) is 0 Å². The number of rotatable bonds is 4. The van der Waals surface area contributed by atoms with Gasteiger partial charge in [0, 0.05) is 5.54 Å². The van der Waals surface area contributed by atoms with E-state index in [0.29, 0.717) is 0 Å². The molecule has 84 valence electrons. The third-order valence-electron chi connectivity index (χ3n) is 2.41. The van der Waals surface area contributed by atoms with E-state index in [9.17, 15) is 8.78 Å². The van der Waals surface area contributed by atoms with Gasteiger partial charge < -0.3 is 10.1 Å². The Labute approximate surface area is 88.3 Å². The van der Waals surface area contributed by atoms with Gasteiger partial charge >= 0.3 is 6.61 Å². The number of hydrogen-bond acceptors (Lipinski definition) is 2. The Morgan fingerprint density at radius 2 is 2.00 bits per heavy atom. The zero-order valence-electron chi connectivity index (χ0n) is 9.05. The Kier molecular flexibility index (Phi) is 3.63. The van der Waals surface area contributed by atoms with Gasteiger partial charge in [0.05, 0.1) is 0 Å². The van der Waals surface area contributed by atoms with E-state index in [1.807, 2.05) is 27.0 Å².